The van der Waals surface area contributed by atoms with E-state index in [0.29, 0.717) is 12.2 Å². The molecule has 0 radical (unpaired) electrons. The predicted octanol–water partition coefficient (Wildman–Crippen LogP) is 2.78. The van der Waals surface area contributed by atoms with E-state index in [-0.39, 0.29) is 5.91 Å². The Morgan fingerprint density at radius 2 is 1.96 bits per heavy atom. The van der Waals surface area contributed by atoms with Crippen molar-refractivity contribution in [2.75, 3.05) is 44.7 Å². The van der Waals surface area contributed by atoms with Crippen molar-refractivity contribution in [2.45, 2.75) is 39.0 Å². The second-order valence-electron chi connectivity index (χ2n) is 7.09. The largest absolute Gasteiger partial charge is 0.351 e. The van der Waals surface area contributed by atoms with Gasteiger partial charge in [0.1, 0.15) is 5.69 Å². The average molecular weight is 391 g/mol. The van der Waals surface area contributed by atoms with Crippen molar-refractivity contribution in [3.8, 4) is 5.13 Å². The molecule has 1 aliphatic heterocycles. The number of carbonyl (C=O) groups is 1. The van der Waals surface area contributed by atoms with Crippen molar-refractivity contribution in [3.63, 3.8) is 0 Å². The van der Waals surface area contributed by atoms with Gasteiger partial charge in [0.05, 0.1) is 0 Å². The summed E-state index contributed by atoms with van der Waals surface area (Å²) >= 11 is 1.54. The minimum atomic E-state index is -0.0610. The highest BCUT2D eigenvalue weighted by atomic mass is 32.1. The van der Waals surface area contributed by atoms with Gasteiger partial charge in [-0.05, 0) is 58.0 Å². The van der Waals surface area contributed by atoms with Crippen molar-refractivity contribution in [3.05, 3.63) is 24.0 Å². The van der Waals surface area contributed by atoms with Crippen LogP contribution in [0.4, 0.5) is 5.13 Å². The van der Waals surface area contributed by atoms with E-state index in [1.165, 1.54) is 37.0 Å². The lowest BCUT2D eigenvalue weighted by atomic mass is 10.3. The molecule has 0 bridgehead atoms. The first-order valence-electron chi connectivity index (χ1n) is 9.92. The van der Waals surface area contributed by atoms with Crippen molar-refractivity contribution in [1.82, 2.24) is 25.0 Å². The number of nitrogens with zero attached hydrogens (tertiary/aromatic N) is 5. The summed E-state index contributed by atoms with van der Waals surface area (Å²) in [6.07, 6.45) is 7.67. The average Bonchev–Trinajstić information content (AvgIpc) is 3.41. The number of anilines is 1. The SMILES string of the molecule is CCCCN(C)CCCNC(=O)c1cccn1-c1nnc(N2CCCC2)s1. The van der Waals surface area contributed by atoms with Gasteiger partial charge < -0.3 is 15.1 Å². The maximum absolute atomic E-state index is 12.6. The summed E-state index contributed by atoms with van der Waals surface area (Å²) in [7, 11) is 2.13. The second-order valence-corrected chi connectivity index (χ2v) is 8.03. The van der Waals surface area contributed by atoms with Crippen LogP contribution in [0, 0.1) is 0 Å². The van der Waals surface area contributed by atoms with E-state index in [2.05, 4.69) is 39.3 Å². The number of unbranched alkanes of at least 4 members (excludes halogenated alkanes) is 1. The van der Waals surface area contributed by atoms with Gasteiger partial charge in [-0.1, -0.05) is 24.7 Å². The van der Waals surface area contributed by atoms with Gasteiger partial charge in [-0.25, -0.2) is 0 Å². The molecule has 0 aromatic carbocycles. The van der Waals surface area contributed by atoms with Crippen LogP contribution in [0.1, 0.15) is 49.5 Å². The monoisotopic (exact) mass is 390 g/mol. The van der Waals surface area contributed by atoms with Crippen LogP contribution >= 0.6 is 11.3 Å². The maximum atomic E-state index is 12.6. The number of hydrogen-bond acceptors (Lipinski definition) is 6. The fourth-order valence-corrected chi connectivity index (χ4v) is 4.15. The molecule has 8 heteroatoms. The summed E-state index contributed by atoms with van der Waals surface area (Å²) in [6, 6.07) is 3.71. The van der Waals surface area contributed by atoms with Gasteiger partial charge in [0, 0.05) is 25.8 Å². The van der Waals surface area contributed by atoms with E-state index in [0.717, 1.165) is 42.9 Å². The van der Waals surface area contributed by atoms with Crippen molar-refractivity contribution in [2.24, 2.45) is 0 Å². The van der Waals surface area contributed by atoms with Gasteiger partial charge in [0.25, 0.3) is 5.91 Å². The molecule has 3 rings (SSSR count). The third-order valence-electron chi connectivity index (χ3n) is 4.86. The minimum Gasteiger partial charge on any atom is -0.351 e. The fourth-order valence-electron chi connectivity index (χ4n) is 3.26. The summed E-state index contributed by atoms with van der Waals surface area (Å²) < 4.78 is 1.83. The van der Waals surface area contributed by atoms with Crippen LogP contribution in [-0.4, -0.2) is 65.3 Å². The molecule has 0 aliphatic carbocycles. The Kier molecular flexibility index (Phi) is 7.23. The molecule has 0 atom stereocenters. The topological polar surface area (TPSA) is 66.3 Å². The quantitative estimate of drug-likeness (QED) is 0.632. The third kappa shape index (κ3) is 5.29. The molecule has 0 saturated carbocycles. The summed E-state index contributed by atoms with van der Waals surface area (Å²) in [6.45, 7) is 7.08. The van der Waals surface area contributed by atoms with E-state index >= 15 is 0 Å². The molecule has 1 amide bonds. The first-order chi connectivity index (χ1) is 13.2. The fraction of sp³-hybridized carbons (Fsp3) is 0.632. The van der Waals surface area contributed by atoms with Crippen molar-refractivity contribution < 1.29 is 4.79 Å². The van der Waals surface area contributed by atoms with Gasteiger partial charge in [-0.2, -0.15) is 0 Å². The maximum Gasteiger partial charge on any atom is 0.268 e. The zero-order valence-electron chi connectivity index (χ0n) is 16.4. The molecular formula is C19H30N6OS. The molecule has 1 N–H and O–H groups in total. The number of carbonyl (C=O) groups excluding carboxylic acids is 1. The van der Waals surface area contributed by atoms with Crippen LogP contribution in [0.15, 0.2) is 18.3 Å². The Balaban J connectivity index is 1.52. The highest BCUT2D eigenvalue weighted by Gasteiger charge is 2.19. The van der Waals surface area contributed by atoms with Crippen LogP contribution in [0.25, 0.3) is 5.13 Å². The van der Waals surface area contributed by atoms with Gasteiger partial charge >= 0.3 is 0 Å². The predicted molar refractivity (Wildman–Crippen MR) is 110 cm³/mol. The van der Waals surface area contributed by atoms with E-state index < -0.39 is 0 Å². The van der Waals surface area contributed by atoms with Crippen LogP contribution in [-0.2, 0) is 0 Å². The smallest absolute Gasteiger partial charge is 0.268 e. The second kappa shape index (κ2) is 9.85. The molecule has 1 aliphatic rings. The van der Waals surface area contributed by atoms with Crippen molar-refractivity contribution >= 4 is 22.4 Å². The number of rotatable bonds is 10. The lowest BCUT2D eigenvalue weighted by molar-refractivity contribution is 0.0945. The van der Waals surface area contributed by atoms with Gasteiger partial charge in [0.15, 0.2) is 0 Å². The summed E-state index contributed by atoms with van der Waals surface area (Å²) in [4.78, 5) is 17.2. The molecule has 1 saturated heterocycles. The first-order valence-corrected chi connectivity index (χ1v) is 10.7. The molecule has 3 heterocycles. The van der Waals surface area contributed by atoms with Crippen molar-refractivity contribution in [1.29, 1.82) is 0 Å². The standard InChI is InChI=1S/C19H30N6OS/c1-3-4-11-23(2)12-8-10-20-17(26)16-9-7-15-25(16)19-22-21-18(27-19)24-13-5-6-14-24/h7,9,15H,3-6,8,10-14H2,1-2H3,(H,20,26). The molecule has 148 valence electrons. The third-order valence-corrected chi connectivity index (χ3v) is 5.85. The Morgan fingerprint density at radius 1 is 1.22 bits per heavy atom. The summed E-state index contributed by atoms with van der Waals surface area (Å²) in [5.41, 5.74) is 0.610. The Bertz CT molecular complexity index is 721. The van der Waals surface area contributed by atoms with Crippen LogP contribution in [0.2, 0.25) is 0 Å². The molecule has 7 nitrogen and oxygen atoms in total. The number of amides is 1. The van der Waals surface area contributed by atoms with Crippen LogP contribution in [0.5, 0.6) is 0 Å². The Morgan fingerprint density at radius 3 is 2.74 bits per heavy atom. The lowest BCUT2D eigenvalue weighted by Gasteiger charge is -2.16. The molecule has 2 aromatic rings. The van der Waals surface area contributed by atoms with Gasteiger partial charge in [-0.3, -0.25) is 9.36 Å². The normalized spacial score (nSPS) is 14.3. The van der Waals surface area contributed by atoms with E-state index in [1.54, 1.807) is 0 Å². The number of hydrogen-bond donors (Lipinski definition) is 1. The Hall–Kier alpha value is -1.93. The van der Waals surface area contributed by atoms with Gasteiger partial charge in [-0.15, -0.1) is 10.2 Å². The highest BCUT2D eigenvalue weighted by molar-refractivity contribution is 7.17. The molecule has 1 fully saturated rings. The number of nitrogens with one attached hydrogen (secondary N) is 1. The zero-order chi connectivity index (χ0) is 19.1. The van der Waals surface area contributed by atoms with Crippen LogP contribution < -0.4 is 10.2 Å². The molecular weight excluding hydrogens is 360 g/mol. The molecule has 0 spiro atoms. The van der Waals surface area contributed by atoms with E-state index in [1.807, 2.05) is 22.9 Å². The Labute approximate surface area is 165 Å². The van der Waals surface area contributed by atoms with Crippen LogP contribution in [0.3, 0.4) is 0 Å². The van der Waals surface area contributed by atoms with Gasteiger partial charge in [0.2, 0.25) is 10.3 Å². The molecule has 2 aromatic heterocycles. The van der Waals surface area contributed by atoms with E-state index in [9.17, 15) is 4.79 Å². The minimum absolute atomic E-state index is 0.0610. The highest BCUT2D eigenvalue weighted by Crippen LogP contribution is 2.27. The van der Waals surface area contributed by atoms with E-state index in [4.69, 9.17) is 0 Å². The molecule has 27 heavy (non-hydrogen) atoms. The summed E-state index contributed by atoms with van der Waals surface area (Å²) in [5.74, 6) is -0.0610. The number of aromatic nitrogens is 3. The lowest BCUT2D eigenvalue weighted by Crippen LogP contribution is -2.29. The summed E-state index contributed by atoms with van der Waals surface area (Å²) in [5, 5.41) is 13.3. The zero-order valence-corrected chi connectivity index (χ0v) is 17.2. The molecule has 0 unspecified atom stereocenters. The first kappa shape index (κ1) is 19.8.